The van der Waals surface area contributed by atoms with E-state index < -0.39 is 6.10 Å². The first kappa shape index (κ1) is 14.0. The van der Waals surface area contributed by atoms with Gasteiger partial charge in [-0.3, -0.25) is 4.79 Å². The second-order valence-corrected chi connectivity index (χ2v) is 4.98. The zero-order valence-corrected chi connectivity index (χ0v) is 11.4. The molecule has 4 nitrogen and oxygen atoms in total. The second kappa shape index (κ2) is 6.68. The van der Waals surface area contributed by atoms with E-state index in [0.717, 1.165) is 19.4 Å². The van der Waals surface area contributed by atoms with Crippen LogP contribution in [0.25, 0.3) is 0 Å². The number of nitrogens with one attached hydrogen (secondary N) is 1. The van der Waals surface area contributed by atoms with Gasteiger partial charge in [0.1, 0.15) is 0 Å². The number of nitrogens with zero attached hydrogens (tertiary/aromatic N) is 1. The SMILES string of the molecule is CCN(CC1CCCN1)C(=O)C(O)c1ccccc1. The van der Waals surface area contributed by atoms with Crippen molar-refractivity contribution in [2.24, 2.45) is 0 Å². The van der Waals surface area contributed by atoms with Gasteiger partial charge in [0.15, 0.2) is 6.10 Å². The fourth-order valence-electron chi connectivity index (χ4n) is 2.50. The van der Waals surface area contributed by atoms with E-state index >= 15 is 0 Å². The van der Waals surface area contributed by atoms with Crippen LogP contribution in [0.4, 0.5) is 0 Å². The molecule has 104 valence electrons. The molecule has 1 amide bonds. The standard InChI is InChI=1S/C15H22N2O2/c1-2-17(11-13-9-6-10-16-13)15(19)14(18)12-7-4-3-5-8-12/h3-5,7-8,13-14,16,18H,2,6,9-11H2,1H3. The molecule has 1 heterocycles. The number of hydrogen-bond acceptors (Lipinski definition) is 3. The number of aliphatic hydroxyl groups is 1. The quantitative estimate of drug-likeness (QED) is 0.841. The van der Waals surface area contributed by atoms with Crippen LogP contribution in [-0.2, 0) is 4.79 Å². The number of likely N-dealkylation sites (N-methyl/N-ethyl adjacent to an activating group) is 1. The van der Waals surface area contributed by atoms with Crippen LogP contribution in [-0.4, -0.2) is 41.6 Å². The summed E-state index contributed by atoms with van der Waals surface area (Å²) in [5, 5.41) is 13.5. The Kier molecular flexibility index (Phi) is 4.93. The van der Waals surface area contributed by atoms with Crippen LogP contribution >= 0.6 is 0 Å². The van der Waals surface area contributed by atoms with Gasteiger partial charge in [-0.05, 0) is 31.9 Å². The molecular weight excluding hydrogens is 240 g/mol. The topological polar surface area (TPSA) is 52.6 Å². The molecule has 19 heavy (non-hydrogen) atoms. The van der Waals surface area contributed by atoms with Crippen LogP contribution in [0, 0.1) is 0 Å². The van der Waals surface area contributed by atoms with E-state index in [0.29, 0.717) is 24.7 Å². The highest BCUT2D eigenvalue weighted by Gasteiger charge is 2.25. The van der Waals surface area contributed by atoms with E-state index in [9.17, 15) is 9.90 Å². The predicted octanol–water partition coefficient (Wildman–Crippen LogP) is 1.32. The van der Waals surface area contributed by atoms with Crippen molar-refractivity contribution < 1.29 is 9.90 Å². The first-order valence-corrected chi connectivity index (χ1v) is 6.97. The third-order valence-corrected chi connectivity index (χ3v) is 3.65. The molecule has 2 rings (SSSR count). The van der Waals surface area contributed by atoms with E-state index in [4.69, 9.17) is 0 Å². The molecule has 0 spiro atoms. The fourth-order valence-corrected chi connectivity index (χ4v) is 2.50. The van der Waals surface area contributed by atoms with E-state index in [1.165, 1.54) is 0 Å². The van der Waals surface area contributed by atoms with Crippen molar-refractivity contribution in [2.75, 3.05) is 19.6 Å². The normalized spacial score (nSPS) is 20.2. The second-order valence-electron chi connectivity index (χ2n) is 4.98. The molecule has 4 heteroatoms. The minimum Gasteiger partial charge on any atom is -0.378 e. The lowest BCUT2D eigenvalue weighted by Gasteiger charge is -2.26. The highest BCUT2D eigenvalue weighted by Crippen LogP contribution is 2.16. The summed E-state index contributed by atoms with van der Waals surface area (Å²) in [6.07, 6.45) is 1.21. The molecule has 0 bridgehead atoms. The molecule has 1 aromatic carbocycles. The minimum absolute atomic E-state index is 0.206. The first-order valence-electron chi connectivity index (χ1n) is 6.97. The Balaban J connectivity index is 1.99. The maximum Gasteiger partial charge on any atom is 0.256 e. The molecule has 0 saturated carbocycles. The maximum absolute atomic E-state index is 12.3. The van der Waals surface area contributed by atoms with E-state index in [-0.39, 0.29) is 5.91 Å². The van der Waals surface area contributed by atoms with E-state index in [2.05, 4.69) is 5.32 Å². The number of hydrogen-bond donors (Lipinski definition) is 2. The average Bonchev–Trinajstić information content (AvgIpc) is 2.97. The number of rotatable bonds is 5. The van der Waals surface area contributed by atoms with Gasteiger partial charge in [0.05, 0.1) is 0 Å². The van der Waals surface area contributed by atoms with Crippen molar-refractivity contribution in [3.8, 4) is 0 Å². The zero-order valence-electron chi connectivity index (χ0n) is 11.4. The molecule has 2 N–H and O–H groups in total. The number of aliphatic hydroxyl groups excluding tert-OH is 1. The molecule has 0 aromatic heterocycles. The van der Waals surface area contributed by atoms with Crippen LogP contribution in [0.2, 0.25) is 0 Å². The molecule has 2 atom stereocenters. The highest BCUT2D eigenvalue weighted by atomic mass is 16.3. The summed E-state index contributed by atoms with van der Waals surface area (Å²) < 4.78 is 0. The Labute approximate surface area is 114 Å². The zero-order chi connectivity index (χ0) is 13.7. The third-order valence-electron chi connectivity index (χ3n) is 3.65. The van der Waals surface area contributed by atoms with Gasteiger partial charge in [0, 0.05) is 19.1 Å². The lowest BCUT2D eigenvalue weighted by Crippen LogP contribution is -2.43. The van der Waals surface area contributed by atoms with Crippen LogP contribution in [0.15, 0.2) is 30.3 Å². The van der Waals surface area contributed by atoms with Gasteiger partial charge in [-0.1, -0.05) is 30.3 Å². The van der Waals surface area contributed by atoms with Crippen LogP contribution < -0.4 is 5.32 Å². The summed E-state index contributed by atoms with van der Waals surface area (Å²) in [5.74, 6) is -0.206. The molecule has 1 aliphatic rings. The van der Waals surface area contributed by atoms with Crippen molar-refractivity contribution in [1.82, 2.24) is 10.2 Å². The van der Waals surface area contributed by atoms with E-state index in [1.807, 2.05) is 25.1 Å². The summed E-state index contributed by atoms with van der Waals surface area (Å²) >= 11 is 0. The minimum atomic E-state index is -1.05. The Morgan fingerprint density at radius 2 is 2.21 bits per heavy atom. The summed E-state index contributed by atoms with van der Waals surface area (Å²) in [4.78, 5) is 14.0. The van der Waals surface area contributed by atoms with Crippen LogP contribution in [0.3, 0.4) is 0 Å². The Morgan fingerprint density at radius 1 is 1.47 bits per heavy atom. The molecule has 0 radical (unpaired) electrons. The van der Waals surface area contributed by atoms with Gasteiger partial charge in [0.25, 0.3) is 5.91 Å². The summed E-state index contributed by atoms with van der Waals surface area (Å²) in [6, 6.07) is 9.48. The van der Waals surface area contributed by atoms with Gasteiger partial charge in [-0.15, -0.1) is 0 Å². The Bertz CT molecular complexity index is 402. The number of amides is 1. The Morgan fingerprint density at radius 3 is 2.79 bits per heavy atom. The predicted molar refractivity (Wildman–Crippen MR) is 74.7 cm³/mol. The molecule has 1 aromatic rings. The first-order chi connectivity index (χ1) is 9.22. The smallest absolute Gasteiger partial charge is 0.256 e. The van der Waals surface area contributed by atoms with Crippen molar-refractivity contribution in [1.29, 1.82) is 0 Å². The fraction of sp³-hybridized carbons (Fsp3) is 0.533. The van der Waals surface area contributed by atoms with Crippen LogP contribution in [0.5, 0.6) is 0 Å². The molecule has 1 saturated heterocycles. The summed E-state index contributed by atoms with van der Waals surface area (Å²) in [5.41, 5.74) is 0.658. The Hall–Kier alpha value is -1.39. The van der Waals surface area contributed by atoms with Gasteiger partial charge in [-0.2, -0.15) is 0 Å². The van der Waals surface area contributed by atoms with Gasteiger partial charge < -0.3 is 15.3 Å². The van der Waals surface area contributed by atoms with Crippen molar-refractivity contribution >= 4 is 5.91 Å². The number of benzene rings is 1. The molecule has 2 unspecified atom stereocenters. The van der Waals surface area contributed by atoms with E-state index in [1.54, 1.807) is 17.0 Å². The van der Waals surface area contributed by atoms with Crippen molar-refractivity contribution in [3.63, 3.8) is 0 Å². The third kappa shape index (κ3) is 3.55. The van der Waals surface area contributed by atoms with Gasteiger partial charge in [-0.25, -0.2) is 0 Å². The number of carbonyl (C=O) groups is 1. The largest absolute Gasteiger partial charge is 0.378 e. The summed E-state index contributed by atoms with van der Waals surface area (Å²) in [6.45, 7) is 4.28. The molecule has 1 aliphatic heterocycles. The van der Waals surface area contributed by atoms with Crippen molar-refractivity contribution in [3.05, 3.63) is 35.9 Å². The monoisotopic (exact) mass is 262 g/mol. The lowest BCUT2D eigenvalue weighted by atomic mass is 10.1. The van der Waals surface area contributed by atoms with Gasteiger partial charge in [0.2, 0.25) is 0 Å². The van der Waals surface area contributed by atoms with Crippen molar-refractivity contribution in [2.45, 2.75) is 31.9 Å². The maximum atomic E-state index is 12.3. The lowest BCUT2D eigenvalue weighted by molar-refractivity contribution is -0.140. The molecule has 0 aliphatic carbocycles. The average molecular weight is 262 g/mol. The van der Waals surface area contributed by atoms with Crippen LogP contribution in [0.1, 0.15) is 31.4 Å². The number of carbonyl (C=O) groups excluding carboxylic acids is 1. The molecular formula is C15H22N2O2. The van der Waals surface area contributed by atoms with Gasteiger partial charge >= 0.3 is 0 Å². The highest BCUT2D eigenvalue weighted by molar-refractivity contribution is 5.82. The summed E-state index contributed by atoms with van der Waals surface area (Å²) in [7, 11) is 0. The molecule has 1 fully saturated rings.